The lowest BCUT2D eigenvalue weighted by Crippen LogP contribution is -2.10. The van der Waals surface area contributed by atoms with Crippen LogP contribution in [0.1, 0.15) is 0 Å². The quantitative estimate of drug-likeness (QED) is 0.156. The second-order valence-electron chi connectivity index (χ2n) is 16.4. The zero-order valence-electron chi connectivity index (χ0n) is 34.2. The average Bonchev–Trinajstić information content (AvgIpc) is 3.89. The summed E-state index contributed by atoms with van der Waals surface area (Å²) in [6.45, 7) is 0. The molecule has 2 aromatic heterocycles. The first kappa shape index (κ1) is 35.4. The first-order valence-corrected chi connectivity index (χ1v) is 21.6. The van der Waals surface area contributed by atoms with E-state index in [2.05, 4.69) is 240 Å². The van der Waals surface area contributed by atoms with Crippen LogP contribution >= 0.6 is 0 Å². The minimum Gasteiger partial charge on any atom is -0.456 e. The third kappa shape index (κ3) is 5.53. The van der Waals surface area contributed by atoms with Gasteiger partial charge in [-0.1, -0.05) is 164 Å². The Bertz CT molecular complexity index is 3890. The molecular weight excluding hydrogens is 765 g/mol. The van der Waals surface area contributed by atoms with Crippen LogP contribution in [0.2, 0.25) is 0 Å². The van der Waals surface area contributed by atoms with Gasteiger partial charge >= 0.3 is 0 Å². The van der Waals surface area contributed by atoms with Gasteiger partial charge < -0.3 is 13.9 Å². The Morgan fingerprint density at radius 2 is 0.952 bits per heavy atom. The van der Waals surface area contributed by atoms with Crippen LogP contribution in [-0.4, -0.2) is 4.57 Å². The number of nitrogens with zero attached hydrogens (tertiary/aromatic N) is 2. The number of furan rings is 1. The van der Waals surface area contributed by atoms with Crippen LogP contribution in [-0.2, 0) is 0 Å². The molecule has 63 heavy (non-hydrogen) atoms. The highest BCUT2D eigenvalue weighted by Gasteiger charge is 2.25. The van der Waals surface area contributed by atoms with Crippen molar-refractivity contribution in [2.75, 3.05) is 4.90 Å². The maximum Gasteiger partial charge on any atom is 0.138 e. The van der Waals surface area contributed by atoms with Crippen LogP contribution in [0.4, 0.5) is 17.1 Å². The van der Waals surface area contributed by atoms with Crippen molar-refractivity contribution in [1.82, 2.24) is 4.57 Å². The highest BCUT2D eigenvalue weighted by Crippen LogP contribution is 2.49. The lowest BCUT2D eigenvalue weighted by Gasteiger charge is -2.26. The van der Waals surface area contributed by atoms with Gasteiger partial charge in [0.05, 0.1) is 11.0 Å². The molecule has 0 amide bonds. The van der Waals surface area contributed by atoms with Gasteiger partial charge in [-0.25, -0.2) is 0 Å². The number of rotatable bonds is 6. The van der Waals surface area contributed by atoms with Crippen LogP contribution in [0, 0.1) is 0 Å². The van der Waals surface area contributed by atoms with Crippen molar-refractivity contribution in [1.29, 1.82) is 0 Å². The predicted octanol–water partition coefficient (Wildman–Crippen LogP) is 16.9. The van der Waals surface area contributed by atoms with E-state index in [0.717, 1.165) is 55.7 Å². The first-order chi connectivity index (χ1) is 31.3. The Morgan fingerprint density at radius 1 is 0.333 bits per heavy atom. The topological polar surface area (TPSA) is 21.3 Å². The Balaban J connectivity index is 1.07. The highest BCUT2D eigenvalue weighted by atomic mass is 16.3. The molecule has 0 N–H and O–H groups in total. The van der Waals surface area contributed by atoms with Crippen molar-refractivity contribution in [2.24, 2.45) is 0 Å². The molecule has 0 fully saturated rings. The molecule has 0 radical (unpaired) electrons. The van der Waals surface area contributed by atoms with Gasteiger partial charge in [0.2, 0.25) is 0 Å². The lowest BCUT2D eigenvalue weighted by molar-refractivity contribution is 0.669. The zero-order valence-corrected chi connectivity index (χ0v) is 34.2. The Labute approximate surface area is 363 Å². The number of benzene rings is 11. The largest absolute Gasteiger partial charge is 0.456 e. The lowest BCUT2D eigenvalue weighted by atomic mass is 9.91. The summed E-state index contributed by atoms with van der Waals surface area (Å²) < 4.78 is 9.19. The molecule has 0 saturated carbocycles. The minimum absolute atomic E-state index is 0.872. The van der Waals surface area contributed by atoms with Crippen molar-refractivity contribution in [3.05, 3.63) is 231 Å². The number of para-hydroxylation sites is 3. The molecule has 11 aromatic carbocycles. The summed E-state index contributed by atoms with van der Waals surface area (Å²) in [6.07, 6.45) is 0. The van der Waals surface area contributed by atoms with Gasteiger partial charge in [-0.2, -0.15) is 0 Å². The molecule has 0 unspecified atom stereocenters. The molecule has 3 heteroatoms. The van der Waals surface area contributed by atoms with Crippen LogP contribution in [0.25, 0.3) is 104 Å². The van der Waals surface area contributed by atoms with Crippen LogP contribution in [0.3, 0.4) is 0 Å². The van der Waals surface area contributed by atoms with Crippen LogP contribution < -0.4 is 4.90 Å². The molecule has 0 bridgehead atoms. The van der Waals surface area contributed by atoms with Gasteiger partial charge in [0, 0.05) is 55.9 Å². The van der Waals surface area contributed by atoms with Gasteiger partial charge in [-0.3, -0.25) is 0 Å². The van der Waals surface area contributed by atoms with Crippen molar-refractivity contribution < 1.29 is 4.42 Å². The highest BCUT2D eigenvalue weighted by molar-refractivity contribution is 6.29. The first-order valence-electron chi connectivity index (χ1n) is 21.6. The number of hydrogen-bond donors (Lipinski definition) is 0. The fraction of sp³-hybridized carbons (Fsp3) is 0. The predicted molar refractivity (Wildman–Crippen MR) is 266 cm³/mol. The summed E-state index contributed by atoms with van der Waals surface area (Å²) in [5, 5.41) is 12.1. The standard InChI is InChI=1S/C60H38N2O/c1-3-19-42(20-4-1)61(44-32-30-40(31-33-44)53-36-41-17-8-10-24-47(41)48-25-11-12-26-49(48)53)45-34-35-51-54(37-45)62(43-21-5-2-6-22-43)55-38-57-59(52-27-13-14-29-56(52)63-57)60(58(51)55)50-28-15-18-39-16-7-9-23-46(39)50/h1-38H. The fourth-order valence-corrected chi connectivity index (χ4v) is 10.2. The maximum absolute atomic E-state index is 6.76. The minimum atomic E-state index is 0.872. The van der Waals surface area contributed by atoms with Crippen molar-refractivity contribution in [2.45, 2.75) is 0 Å². The van der Waals surface area contributed by atoms with E-state index in [9.17, 15) is 0 Å². The summed E-state index contributed by atoms with van der Waals surface area (Å²) in [6, 6.07) is 83.4. The van der Waals surface area contributed by atoms with E-state index >= 15 is 0 Å². The average molecular weight is 803 g/mol. The molecule has 13 aromatic rings. The molecule has 0 spiro atoms. The monoisotopic (exact) mass is 802 g/mol. The smallest absolute Gasteiger partial charge is 0.138 e. The van der Waals surface area contributed by atoms with E-state index in [4.69, 9.17) is 4.42 Å². The molecular formula is C60H38N2O. The number of anilines is 3. The van der Waals surface area contributed by atoms with Gasteiger partial charge in [-0.05, 0) is 110 Å². The van der Waals surface area contributed by atoms with E-state index < -0.39 is 0 Å². The van der Waals surface area contributed by atoms with E-state index in [1.165, 1.54) is 65.3 Å². The molecule has 0 aliphatic carbocycles. The van der Waals surface area contributed by atoms with Crippen LogP contribution in [0.15, 0.2) is 235 Å². The van der Waals surface area contributed by atoms with E-state index in [1.54, 1.807) is 0 Å². The van der Waals surface area contributed by atoms with Gasteiger partial charge in [0.15, 0.2) is 0 Å². The van der Waals surface area contributed by atoms with Crippen molar-refractivity contribution >= 4 is 93.1 Å². The molecule has 13 rings (SSSR count). The summed E-state index contributed by atoms with van der Waals surface area (Å²) in [5.74, 6) is 0. The number of hydrogen-bond acceptors (Lipinski definition) is 2. The number of aromatic nitrogens is 1. The molecule has 3 nitrogen and oxygen atoms in total. The third-order valence-corrected chi connectivity index (χ3v) is 12.9. The third-order valence-electron chi connectivity index (χ3n) is 12.9. The second kappa shape index (κ2) is 14.1. The molecule has 294 valence electrons. The summed E-state index contributed by atoms with van der Waals surface area (Å²) >= 11 is 0. The summed E-state index contributed by atoms with van der Waals surface area (Å²) in [7, 11) is 0. The Hall–Kier alpha value is -8.40. The fourth-order valence-electron chi connectivity index (χ4n) is 10.2. The Morgan fingerprint density at radius 3 is 1.76 bits per heavy atom. The summed E-state index contributed by atoms with van der Waals surface area (Å²) in [5.41, 5.74) is 13.1. The molecule has 0 saturated heterocycles. The van der Waals surface area contributed by atoms with Gasteiger partial charge in [-0.15, -0.1) is 0 Å². The molecule has 0 aliphatic heterocycles. The second-order valence-corrected chi connectivity index (χ2v) is 16.4. The summed E-state index contributed by atoms with van der Waals surface area (Å²) in [4.78, 5) is 2.37. The number of fused-ring (bicyclic) bond motifs is 10. The zero-order chi connectivity index (χ0) is 41.4. The van der Waals surface area contributed by atoms with Gasteiger partial charge in [0.1, 0.15) is 11.2 Å². The van der Waals surface area contributed by atoms with Gasteiger partial charge in [0.25, 0.3) is 0 Å². The van der Waals surface area contributed by atoms with Crippen molar-refractivity contribution in [3.8, 4) is 27.9 Å². The maximum atomic E-state index is 6.76. The molecule has 0 aliphatic rings. The van der Waals surface area contributed by atoms with Crippen molar-refractivity contribution in [3.63, 3.8) is 0 Å². The van der Waals surface area contributed by atoms with E-state index in [1.807, 2.05) is 0 Å². The van der Waals surface area contributed by atoms with Crippen LogP contribution in [0.5, 0.6) is 0 Å². The molecule has 2 heterocycles. The van der Waals surface area contributed by atoms with E-state index in [0.29, 0.717) is 0 Å². The SMILES string of the molecule is c1ccc(N(c2ccc(-c3cc4ccccc4c4ccccc34)cc2)c2ccc3c4c(-c5cccc6ccccc56)c5c(cc4n(-c4ccccc4)c3c2)oc2ccccc25)cc1. The Kier molecular flexibility index (Phi) is 7.91. The van der Waals surface area contributed by atoms with E-state index in [-0.39, 0.29) is 0 Å². The molecule has 0 atom stereocenters. The normalized spacial score (nSPS) is 11.8.